The Bertz CT molecular complexity index is 493. The first-order chi connectivity index (χ1) is 8.63. The van der Waals surface area contributed by atoms with Crippen LogP contribution in [0, 0.1) is 0 Å². The van der Waals surface area contributed by atoms with Gasteiger partial charge in [-0.1, -0.05) is 0 Å². The van der Waals surface area contributed by atoms with Gasteiger partial charge in [0.25, 0.3) is 0 Å². The van der Waals surface area contributed by atoms with Crippen LogP contribution in [-0.2, 0) is 17.6 Å². The van der Waals surface area contributed by atoms with Crippen molar-refractivity contribution in [1.82, 2.24) is 0 Å². The Hall–Kier alpha value is -0.841. The fraction of sp³-hybridized carbons (Fsp3) is 0.500. The van der Waals surface area contributed by atoms with E-state index in [2.05, 4.69) is 21.0 Å². The number of nitrogens with zero attached hydrogens (tertiary/aromatic N) is 1. The number of hydrogen-bond donors (Lipinski definition) is 1. The van der Waals surface area contributed by atoms with Crippen molar-refractivity contribution in [3.63, 3.8) is 0 Å². The summed E-state index contributed by atoms with van der Waals surface area (Å²) in [6.07, 6.45) is 4.25. The topological polar surface area (TPSA) is 64.7 Å². The van der Waals surface area contributed by atoms with Gasteiger partial charge in [-0.05, 0) is 0 Å². The summed E-state index contributed by atoms with van der Waals surface area (Å²) in [7, 11) is 0. The molecule has 18 heavy (non-hydrogen) atoms. The molecule has 2 rings (SSSR count). The van der Waals surface area contributed by atoms with Crippen molar-refractivity contribution in [1.29, 1.82) is 0 Å². The average molecular weight is 330 g/mol. The number of ether oxygens (including phenoxy) is 1. The Kier molecular flexibility index (Phi) is 4.43. The van der Waals surface area contributed by atoms with Gasteiger partial charge >= 0.3 is 119 Å². The number of nitrogens with two attached hydrogens (primary N) is 1. The first kappa shape index (κ1) is 13.6. The molecule has 97 valence electrons. The number of esters is 1. The van der Waals surface area contributed by atoms with Gasteiger partial charge in [0.1, 0.15) is 0 Å². The summed E-state index contributed by atoms with van der Waals surface area (Å²) in [5, 5.41) is 0.677. The van der Waals surface area contributed by atoms with Crippen LogP contribution in [-0.4, -0.2) is 33.3 Å². The number of aliphatic imine (C=N–C) groups is 1. The zero-order valence-corrected chi connectivity index (χ0v) is 12.7. The van der Waals surface area contributed by atoms with E-state index in [1.807, 2.05) is 6.92 Å². The monoisotopic (exact) mass is 331 g/mol. The number of carbonyl (C=O) groups excluding carboxylic acids is 1. The summed E-state index contributed by atoms with van der Waals surface area (Å²) in [4.78, 5) is 17.5. The number of thiophene rings is 1. The van der Waals surface area contributed by atoms with Gasteiger partial charge in [-0.3, -0.25) is 0 Å². The number of rotatable bonds is 3. The van der Waals surface area contributed by atoms with Gasteiger partial charge in [-0.25, -0.2) is 0 Å². The van der Waals surface area contributed by atoms with Crippen molar-refractivity contribution in [2.24, 2.45) is 10.7 Å². The van der Waals surface area contributed by atoms with E-state index < -0.39 is 0 Å². The Labute approximate surface area is 118 Å². The van der Waals surface area contributed by atoms with Gasteiger partial charge in [0.05, 0.1) is 0 Å². The molecule has 6 heteroatoms. The van der Waals surface area contributed by atoms with E-state index in [9.17, 15) is 4.79 Å². The van der Waals surface area contributed by atoms with Crippen LogP contribution in [0.15, 0.2) is 4.99 Å². The van der Waals surface area contributed by atoms with Crippen LogP contribution in [0.3, 0.4) is 0 Å². The molecule has 1 aliphatic rings. The Balaban J connectivity index is 2.48. The normalized spacial score (nSPS) is 15.3. The average Bonchev–Trinajstić information content (AvgIpc) is 2.66. The van der Waals surface area contributed by atoms with Crippen LogP contribution in [0.2, 0.25) is 0 Å². The molecule has 0 saturated heterocycles. The molecule has 0 saturated carbocycles. The molecule has 1 radical (unpaired) electrons. The van der Waals surface area contributed by atoms with E-state index in [1.165, 1.54) is 11.3 Å². The molecule has 0 fully saturated rings. The molecule has 0 atom stereocenters. The second-order valence-corrected chi connectivity index (χ2v) is 6.02. The van der Waals surface area contributed by atoms with Gasteiger partial charge in [-0.2, -0.15) is 0 Å². The van der Waals surface area contributed by atoms with Gasteiger partial charge < -0.3 is 0 Å². The minimum atomic E-state index is -0.281. The first-order valence-corrected chi connectivity index (χ1v) is 7.63. The summed E-state index contributed by atoms with van der Waals surface area (Å²) in [6.45, 7) is 2.18. The Morgan fingerprint density at radius 1 is 1.50 bits per heavy atom. The number of fused-ring (bicyclic) bond motifs is 1. The van der Waals surface area contributed by atoms with Crippen LogP contribution in [0.5, 0.6) is 0 Å². The quantitative estimate of drug-likeness (QED) is 0.399. The second-order valence-electron chi connectivity index (χ2n) is 4.06. The zero-order chi connectivity index (χ0) is 13.1. The number of hydrogen-bond acceptors (Lipinski definition) is 4. The molecule has 4 nitrogen and oxygen atoms in total. The molecule has 0 amide bonds. The standard InChI is InChI=1S/C12H15N2O2SSe/c1-2-16-11(15)9-7-5-3-4-6-8(7)17-10(9)14-12(13)18/h2-6H2,1H3,(H2,13,14). The van der Waals surface area contributed by atoms with Crippen molar-refractivity contribution in [2.75, 3.05) is 6.61 Å². The maximum absolute atomic E-state index is 12.0. The molecule has 0 spiro atoms. The minimum absolute atomic E-state index is 0.281. The van der Waals surface area contributed by atoms with Gasteiger partial charge in [0.2, 0.25) is 0 Å². The summed E-state index contributed by atoms with van der Waals surface area (Å²) < 4.78 is 5.47. The predicted molar refractivity (Wildman–Crippen MR) is 74.0 cm³/mol. The Morgan fingerprint density at radius 2 is 2.22 bits per heavy atom. The number of carbonyl (C=O) groups is 1. The molecule has 1 aliphatic carbocycles. The molecule has 0 bridgehead atoms. The van der Waals surface area contributed by atoms with Gasteiger partial charge in [0, 0.05) is 0 Å². The van der Waals surface area contributed by atoms with Crippen LogP contribution in [0.4, 0.5) is 5.00 Å². The maximum atomic E-state index is 12.0. The SMILES string of the molecule is CCOC(=O)c1c(N=C(N)[Se])sc2c1CCCC2. The molecular formula is C12H15N2O2SSe. The zero-order valence-electron chi connectivity index (χ0n) is 10.2. The van der Waals surface area contributed by atoms with E-state index >= 15 is 0 Å². The third-order valence-corrected chi connectivity index (χ3v) is 4.22. The van der Waals surface area contributed by atoms with Crippen molar-refractivity contribution < 1.29 is 9.53 Å². The summed E-state index contributed by atoms with van der Waals surface area (Å²) in [5.41, 5.74) is 7.31. The van der Waals surface area contributed by atoms with Crippen molar-refractivity contribution in [2.45, 2.75) is 32.6 Å². The van der Waals surface area contributed by atoms with E-state index in [-0.39, 0.29) is 5.97 Å². The molecule has 0 aliphatic heterocycles. The van der Waals surface area contributed by atoms with Crippen LogP contribution in [0.1, 0.15) is 40.6 Å². The second kappa shape index (κ2) is 5.87. The molecule has 0 unspecified atom stereocenters. The van der Waals surface area contributed by atoms with Crippen LogP contribution in [0.25, 0.3) is 0 Å². The summed E-state index contributed by atoms with van der Waals surface area (Å²) in [5.74, 6) is -0.281. The van der Waals surface area contributed by atoms with Crippen LogP contribution < -0.4 is 5.73 Å². The molecule has 2 N–H and O–H groups in total. The number of amidine groups is 1. The Morgan fingerprint density at radius 3 is 2.89 bits per heavy atom. The molecule has 1 aromatic heterocycles. The first-order valence-electron chi connectivity index (χ1n) is 5.96. The van der Waals surface area contributed by atoms with Crippen molar-refractivity contribution in [3.8, 4) is 0 Å². The van der Waals surface area contributed by atoms with Gasteiger partial charge in [-0.15, -0.1) is 0 Å². The van der Waals surface area contributed by atoms with E-state index in [4.69, 9.17) is 10.5 Å². The fourth-order valence-corrected chi connectivity index (χ4v) is 3.73. The molecule has 1 heterocycles. The third kappa shape index (κ3) is 2.76. The molecule has 1 aromatic rings. The van der Waals surface area contributed by atoms with E-state index in [0.29, 0.717) is 21.9 Å². The molecule has 0 aromatic carbocycles. The summed E-state index contributed by atoms with van der Waals surface area (Å²) >= 11 is 4.21. The fourth-order valence-electron chi connectivity index (χ4n) is 2.14. The predicted octanol–water partition coefficient (Wildman–Crippen LogP) is 1.92. The van der Waals surface area contributed by atoms with Gasteiger partial charge in [0.15, 0.2) is 0 Å². The third-order valence-electron chi connectivity index (χ3n) is 2.84. The number of aryl methyl sites for hydroxylation is 1. The summed E-state index contributed by atoms with van der Waals surface area (Å²) in [6, 6.07) is 0. The molecular weight excluding hydrogens is 315 g/mol. The van der Waals surface area contributed by atoms with Crippen molar-refractivity contribution in [3.05, 3.63) is 16.0 Å². The van der Waals surface area contributed by atoms with Crippen molar-refractivity contribution >= 4 is 43.1 Å². The van der Waals surface area contributed by atoms with Crippen LogP contribution >= 0.6 is 11.3 Å². The van der Waals surface area contributed by atoms with E-state index in [0.717, 1.165) is 24.8 Å². The van der Waals surface area contributed by atoms with E-state index in [1.54, 1.807) is 11.3 Å².